The normalized spacial score (nSPS) is 11.3. The fraction of sp³-hybridized carbons (Fsp3) is 0.150. The van der Waals surface area contributed by atoms with Crippen LogP contribution >= 0.6 is 0 Å². The molecule has 0 spiro atoms. The van der Waals surface area contributed by atoms with Crippen LogP contribution in [0.15, 0.2) is 76.7 Å². The Labute approximate surface area is 148 Å². The number of hydrogen-bond donors (Lipinski definition) is 0. The summed E-state index contributed by atoms with van der Waals surface area (Å²) in [5.74, 6) is 0.628. The summed E-state index contributed by atoms with van der Waals surface area (Å²) in [6.45, 7) is 3.90. The van der Waals surface area contributed by atoms with Gasteiger partial charge >= 0.3 is 0 Å². The molecule has 0 atom stereocenters. The second-order valence-electron chi connectivity index (χ2n) is 5.72. The highest BCUT2D eigenvalue weighted by molar-refractivity contribution is 7.91. The first-order valence-corrected chi connectivity index (χ1v) is 9.52. The summed E-state index contributed by atoms with van der Waals surface area (Å²) in [6.07, 6.45) is 2.34. The summed E-state index contributed by atoms with van der Waals surface area (Å²) in [6, 6.07) is 17.3. The smallest absolute Gasteiger partial charge is 0.219 e. The molecule has 0 saturated carbocycles. The minimum Gasteiger partial charge on any atom is -0.438 e. The Morgan fingerprint density at radius 1 is 1.00 bits per heavy atom. The maximum absolute atomic E-state index is 13.1. The summed E-state index contributed by atoms with van der Waals surface area (Å²) in [7, 11) is -3.69. The van der Waals surface area contributed by atoms with Gasteiger partial charge in [-0.2, -0.15) is 0 Å². The third-order valence-corrected chi connectivity index (χ3v) is 5.68. The molecule has 2 aromatic carbocycles. The first-order valence-electron chi connectivity index (χ1n) is 8.04. The Bertz CT molecular complexity index is 966. The van der Waals surface area contributed by atoms with E-state index in [9.17, 15) is 8.42 Å². The van der Waals surface area contributed by atoms with Gasteiger partial charge in [0.2, 0.25) is 15.7 Å². The maximum Gasteiger partial charge on any atom is 0.219 e. The average Bonchev–Trinajstić information content (AvgIpc) is 2.63. The SMILES string of the molecule is CCc1ccc(Oc2ccccn2)c(S(=O)(=O)c2ccc(C)cc2)c1. The lowest BCUT2D eigenvalue weighted by Crippen LogP contribution is -2.05. The number of hydrogen-bond acceptors (Lipinski definition) is 4. The Kier molecular flexibility index (Phi) is 4.86. The standard InChI is InChI=1S/C20H19NO3S/c1-3-16-9-12-18(24-20-6-4-5-13-21-20)19(14-16)25(22,23)17-10-7-15(2)8-11-17/h4-14H,3H2,1-2H3. The third-order valence-electron chi connectivity index (χ3n) is 3.89. The second kappa shape index (κ2) is 7.07. The van der Waals surface area contributed by atoms with Gasteiger partial charge in [0, 0.05) is 12.3 Å². The fourth-order valence-electron chi connectivity index (χ4n) is 2.43. The molecule has 128 valence electrons. The van der Waals surface area contributed by atoms with Crippen LogP contribution in [0, 0.1) is 6.92 Å². The average molecular weight is 353 g/mol. The van der Waals surface area contributed by atoms with Crippen molar-refractivity contribution >= 4 is 9.84 Å². The molecule has 0 N–H and O–H groups in total. The van der Waals surface area contributed by atoms with Crippen molar-refractivity contribution in [1.29, 1.82) is 0 Å². The van der Waals surface area contributed by atoms with Crippen LogP contribution in [0.2, 0.25) is 0 Å². The van der Waals surface area contributed by atoms with E-state index in [1.165, 1.54) is 0 Å². The molecule has 0 aliphatic rings. The predicted molar refractivity (Wildman–Crippen MR) is 96.8 cm³/mol. The molecule has 0 aliphatic heterocycles. The lowest BCUT2D eigenvalue weighted by atomic mass is 10.2. The minimum atomic E-state index is -3.69. The van der Waals surface area contributed by atoms with Crippen molar-refractivity contribution in [2.24, 2.45) is 0 Å². The molecule has 3 rings (SSSR count). The van der Waals surface area contributed by atoms with Gasteiger partial charge in [0.15, 0.2) is 0 Å². The van der Waals surface area contributed by atoms with Gasteiger partial charge in [-0.15, -0.1) is 0 Å². The quantitative estimate of drug-likeness (QED) is 0.674. The van der Waals surface area contributed by atoms with Crippen molar-refractivity contribution in [1.82, 2.24) is 4.98 Å². The van der Waals surface area contributed by atoms with E-state index < -0.39 is 9.84 Å². The maximum atomic E-state index is 13.1. The first kappa shape index (κ1) is 17.2. The predicted octanol–water partition coefficient (Wildman–Crippen LogP) is 4.58. The molecule has 25 heavy (non-hydrogen) atoms. The highest BCUT2D eigenvalue weighted by Gasteiger charge is 2.23. The molecule has 1 aromatic heterocycles. The van der Waals surface area contributed by atoms with Gasteiger partial charge in [0.1, 0.15) is 10.6 Å². The fourth-order valence-corrected chi connectivity index (χ4v) is 3.86. The number of pyridine rings is 1. The highest BCUT2D eigenvalue weighted by atomic mass is 32.2. The van der Waals surface area contributed by atoms with Crippen LogP contribution in [-0.2, 0) is 16.3 Å². The zero-order valence-corrected chi connectivity index (χ0v) is 15.0. The zero-order chi connectivity index (χ0) is 17.9. The zero-order valence-electron chi connectivity index (χ0n) is 14.1. The lowest BCUT2D eigenvalue weighted by molar-refractivity contribution is 0.449. The van der Waals surface area contributed by atoms with E-state index in [-0.39, 0.29) is 15.5 Å². The molecule has 5 heteroatoms. The van der Waals surface area contributed by atoms with Crippen molar-refractivity contribution in [2.45, 2.75) is 30.1 Å². The topological polar surface area (TPSA) is 56.3 Å². The van der Waals surface area contributed by atoms with Crippen molar-refractivity contribution in [3.05, 3.63) is 78.0 Å². The molecular weight excluding hydrogens is 334 g/mol. The van der Waals surface area contributed by atoms with Crippen LogP contribution < -0.4 is 4.74 Å². The van der Waals surface area contributed by atoms with E-state index in [1.807, 2.05) is 19.9 Å². The number of sulfone groups is 1. The summed E-state index contributed by atoms with van der Waals surface area (Å²) in [4.78, 5) is 4.51. The van der Waals surface area contributed by atoms with E-state index >= 15 is 0 Å². The summed E-state index contributed by atoms with van der Waals surface area (Å²) in [5, 5.41) is 0. The van der Waals surface area contributed by atoms with Crippen LogP contribution in [0.4, 0.5) is 0 Å². The summed E-state index contributed by atoms with van der Waals surface area (Å²) in [5.41, 5.74) is 1.94. The van der Waals surface area contributed by atoms with Crippen molar-refractivity contribution in [2.75, 3.05) is 0 Å². The van der Waals surface area contributed by atoms with E-state index in [1.54, 1.807) is 60.8 Å². The first-order chi connectivity index (χ1) is 12.0. The van der Waals surface area contributed by atoms with Gasteiger partial charge in [0.25, 0.3) is 0 Å². The molecule has 0 bridgehead atoms. The molecule has 0 saturated heterocycles. The summed E-state index contributed by atoms with van der Waals surface area (Å²) < 4.78 is 32.0. The van der Waals surface area contributed by atoms with Gasteiger partial charge in [-0.05, 0) is 49.2 Å². The molecule has 4 nitrogen and oxygen atoms in total. The Hall–Kier alpha value is -2.66. The largest absolute Gasteiger partial charge is 0.438 e. The molecule has 0 unspecified atom stereocenters. The Balaban J connectivity index is 2.11. The number of ether oxygens (including phenoxy) is 1. The van der Waals surface area contributed by atoms with Gasteiger partial charge in [-0.1, -0.05) is 36.8 Å². The lowest BCUT2D eigenvalue weighted by Gasteiger charge is -2.13. The molecule has 0 radical (unpaired) electrons. The highest BCUT2D eigenvalue weighted by Crippen LogP contribution is 2.33. The van der Waals surface area contributed by atoms with Gasteiger partial charge in [-0.25, -0.2) is 13.4 Å². The van der Waals surface area contributed by atoms with E-state index in [0.29, 0.717) is 5.88 Å². The van der Waals surface area contributed by atoms with E-state index in [0.717, 1.165) is 17.5 Å². The van der Waals surface area contributed by atoms with Crippen molar-refractivity contribution in [3.63, 3.8) is 0 Å². The van der Waals surface area contributed by atoms with Crippen LogP contribution in [-0.4, -0.2) is 13.4 Å². The third kappa shape index (κ3) is 3.72. The van der Waals surface area contributed by atoms with Crippen molar-refractivity contribution in [3.8, 4) is 11.6 Å². The molecule has 1 heterocycles. The Morgan fingerprint density at radius 2 is 1.76 bits per heavy atom. The number of aryl methyl sites for hydroxylation is 2. The monoisotopic (exact) mass is 353 g/mol. The van der Waals surface area contributed by atoms with Crippen LogP contribution in [0.25, 0.3) is 0 Å². The van der Waals surface area contributed by atoms with Gasteiger partial charge in [0.05, 0.1) is 4.90 Å². The number of nitrogens with zero attached hydrogens (tertiary/aromatic N) is 1. The van der Waals surface area contributed by atoms with Gasteiger partial charge < -0.3 is 4.74 Å². The summed E-state index contributed by atoms with van der Waals surface area (Å²) >= 11 is 0. The second-order valence-corrected chi connectivity index (χ2v) is 7.64. The molecule has 0 aliphatic carbocycles. The number of benzene rings is 2. The van der Waals surface area contributed by atoms with E-state index in [2.05, 4.69) is 4.98 Å². The molecule has 0 amide bonds. The van der Waals surface area contributed by atoms with Gasteiger partial charge in [-0.3, -0.25) is 0 Å². The van der Waals surface area contributed by atoms with Crippen LogP contribution in [0.3, 0.4) is 0 Å². The van der Waals surface area contributed by atoms with Crippen LogP contribution in [0.1, 0.15) is 18.1 Å². The van der Waals surface area contributed by atoms with Crippen LogP contribution in [0.5, 0.6) is 11.6 Å². The molecule has 3 aromatic rings. The number of aromatic nitrogens is 1. The Morgan fingerprint density at radius 3 is 2.40 bits per heavy atom. The molecular formula is C20H19NO3S. The minimum absolute atomic E-state index is 0.154. The van der Waals surface area contributed by atoms with Crippen molar-refractivity contribution < 1.29 is 13.2 Å². The molecule has 0 fully saturated rings. The van der Waals surface area contributed by atoms with E-state index in [4.69, 9.17) is 4.74 Å². The number of rotatable bonds is 5.